The molecule has 3 rings (SSSR count). The molecule has 0 amide bonds. The SMILES string of the molecule is S=C(NCCC1(CCNC(=S)Nc2ccccc2)OCCO1)Nc1ccccc1. The molecule has 0 aliphatic carbocycles. The Kier molecular flexibility index (Phi) is 8.18. The number of para-hydroxylation sites is 2. The normalized spacial score (nSPS) is 14.8. The average Bonchev–Trinajstić information content (AvgIpc) is 3.18. The molecule has 0 unspecified atom stereocenters. The van der Waals surface area contributed by atoms with Gasteiger partial charge in [-0.15, -0.1) is 0 Å². The Morgan fingerprint density at radius 3 is 1.55 bits per heavy atom. The number of thiocarbonyl (C=S) groups is 2. The van der Waals surface area contributed by atoms with Crippen LogP contribution in [0.15, 0.2) is 60.7 Å². The molecule has 8 heteroatoms. The van der Waals surface area contributed by atoms with Crippen LogP contribution in [0.3, 0.4) is 0 Å². The quantitative estimate of drug-likeness (QED) is 0.475. The van der Waals surface area contributed by atoms with Crippen molar-refractivity contribution in [3.8, 4) is 0 Å². The average molecular weight is 431 g/mol. The van der Waals surface area contributed by atoms with Gasteiger partial charge in [-0.25, -0.2) is 0 Å². The zero-order chi connectivity index (χ0) is 20.4. The van der Waals surface area contributed by atoms with E-state index in [0.29, 0.717) is 49.4 Å². The third-order valence-corrected chi connectivity index (χ3v) is 4.95. The minimum Gasteiger partial charge on any atom is -0.362 e. The molecule has 0 atom stereocenters. The number of hydrogen-bond acceptors (Lipinski definition) is 4. The zero-order valence-electron chi connectivity index (χ0n) is 16.1. The highest BCUT2D eigenvalue weighted by Crippen LogP contribution is 2.26. The zero-order valence-corrected chi connectivity index (χ0v) is 17.8. The van der Waals surface area contributed by atoms with Gasteiger partial charge in [-0.1, -0.05) is 36.4 Å². The van der Waals surface area contributed by atoms with Gasteiger partial charge in [0.1, 0.15) is 0 Å². The summed E-state index contributed by atoms with van der Waals surface area (Å²) < 4.78 is 11.8. The maximum absolute atomic E-state index is 5.91. The first-order chi connectivity index (χ1) is 14.2. The van der Waals surface area contributed by atoms with Crippen molar-refractivity contribution in [1.82, 2.24) is 10.6 Å². The summed E-state index contributed by atoms with van der Waals surface area (Å²) in [6.07, 6.45) is 1.37. The topological polar surface area (TPSA) is 66.6 Å². The number of nitrogens with one attached hydrogen (secondary N) is 4. The lowest BCUT2D eigenvalue weighted by atomic mass is 10.1. The summed E-state index contributed by atoms with van der Waals surface area (Å²) in [5.41, 5.74) is 1.91. The van der Waals surface area contributed by atoms with E-state index in [-0.39, 0.29) is 0 Å². The molecular weight excluding hydrogens is 404 g/mol. The molecule has 0 saturated carbocycles. The monoisotopic (exact) mass is 430 g/mol. The molecule has 0 bridgehead atoms. The van der Waals surface area contributed by atoms with E-state index in [2.05, 4.69) is 21.3 Å². The first-order valence-electron chi connectivity index (χ1n) is 9.63. The van der Waals surface area contributed by atoms with E-state index in [0.717, 1.165) is 11.4 Å². The van der Waals surface area contributed by atoms with Gasteiger partial charge in [-0.3, -0.25) is 0 Å². The van der Waals surface area contributed by atoms with E-state index in [1.807, 2.05) is 60.7 Å². The lowest BCUT2D eigenvalue weighted by Crippen LogP contribution is -2.41. The fourth-order valence-corrected chi connectivity index (χ4v) is 3.48. The van der Waals surface area contributed by atoms with Crippen molar-refractivity contribution in [1.29, 1.82) is 0 Å². The second kappa shape index (κ2) is 11.1. The summed E-state index contributed by atoms with van der Waals surface area (Å²) in [4.78, 5) is 0. The maximum Gasteiger partial charge on any atom is 0.171 e. The summed E-state index contributed by atoms with van der Waals surface area (Å²) >= 11 is 10.7. The van der Waals surface area contributed by atoms with Crippen LogP contribution in [0.5, 0.6) is 0 Å². The van der Waals surface area contributed by atoms with E-state index in [9.17, 15) is 0 Å². The minimum absolute atomic E-state index is 0.579. The molecule has 1 aliphatic heterocycles. The largest absolute Gasteiger partial charge is 0.362 e. The standard InChI is InChI=1S/C21H26N4O2S2/c28-19(24-17-7-3-1-4-8-17)22-13-11-21(26-15-16-27-21)12-14-23-20(29)25-18-9-5-2-6-10-18/h1-10H,11-16H2,(H2,22,24,28)(H2,23,25,29). The molecule has 4 N–H and O–H groups in total. The highest BCUT2D eigenvalue weighted by molar-refractivity contribution is 7.80. The molecule has 29 heavy (non-hydrogen) atoms. The lowest BCUT2D eigenvalue weighted by Gasteiger charge is -2.28. The van der Waals surface area contributed by atoms with Crippen LogP contribution in [0.1, 0.15) is 12.8 Å². The summed E-state index contributed by atoms with van der Waals surface area (Å²) in [7, 11) is 0. The predicted molar refractivity (Wildman–Crippen MR) is 125 cm³/mol. The molecule has 1 heterocycles. The van der Waals surface area contributed by atoms with Gasteiger partial charge in [0.05, 0.1) is 13.2 Å². The van der Waals surface area contributed by atoms with Crippen LogP contribution < -0.4 is 21.3 Å². The van der Waals surface area contributed by atoms with E-state index in [1.165, 1.54) is 0 Å². The van der Waals surface area contributed by atoms with Crippen molar-refractivity contribution >= 4 is 46.0 Å². The maximum atomic E-state index is 5.91. The molecule has 1 saturated heterocycles. The second-order valence-corrected chi connectivity index (χ2v) is 7.42. The molecule has 154 valence electrons. The van der Waals surface area contributed by atoms with E-state index >= 15 is 0 Å². The molecule has 0 radical (unpaired) electrons. The van der Waals surface area contributed by atoms with Gasteiger partial charge in [0.25, 0.3) is 0 Å². The van der Waals surface area contributed by atoms with Gasteiger partial charge in [0.2, 0.25) is 0 Å². The van der Waals surface area contributed by atoms with E-state index < -0.39 is 5.79 Å². The van der Waals surface area contributed by atoms with Crippen molar-refractivity contribution in [3.63, 3.8) is 0 Å². The fraction of sp³-hybridized carbons (Fsp3) is 0.333. The Labute approximate surface area is 182 Å². The van der Waals surface area contributed by atoms with Gasteiger partial charge in [0, 0.05) is 37.3 Å². The van der Waals surface area contributed by atoms with Crippen LogP contribution in [0.25, 0.3) is 0 Å². The molecule has 0 aromatic heterocycles. The fourth-order valence-electron chi connectivity index (χ4n) is 3.04. The Hall–Kier alpha value is -2.26. The number of benzene rings is 2. The molecule has 1 aliphatic rings. The minimum atomic E-state index is -0.620. The third kappa shape index (κ3) is 7.25. The van der Waals surface area contributed by atoms with Gasteiger partial charge in [0.15, 0.2) is 16.0 Å². The van der Waals surface area contributed by atoms with Crippen molar-refractivity contribution in [2.45, 2.75) is 18.6 Å². The Morgan fingerprint density at radius 2 is 1.14 bits per heavy atom. The van der Waals surface area contributed by atoms with Crippen molar-refractivity contribution in [3.05, 3.63) is 60.7 Å². The molecule has 2 aromatic rings. The molecule has 6 nitrogen and oxygen atoms in total. The molecular formula is C21H26N4O2S2. The van der Waals surface area contributed by atoms with E-state index in [4.69, 9.17) is 33.9 Å². The van der Waals surface area contributed by atoms with Crippen LogP contribution in [0, 0.1) is 0 Å². The Balaban J connectivity index is 1.39. The molecule has 0 spiro atoms. The smallest absolute Gasteiger partial charge is 0.171 e. The van der Waals surface area contributed by atoms with Crippen LogP contribution >= 0.6 is 24.4 Å². The Bertz CT molecular complexity index is 722. The second-order valence-electron chi connectivity index (χ2n) is 6.60. The summed E-state index contributed by atoms with van der Waals surface area (Å²) in [6.45, 7) is 2.48. The van der Waals surface area contributed by atoms with Crippen molar-refractivity contribution in [2.24, 2.45) is 0 Å². The van der Waals surface area contributed by atoms with Gasteiger partial charge in [-0.2, -0.15) is 0 Å². The van der Waals surface area contributed by atoms with Crippen molar-refractivity contribution in [2.75, 3.05) is 36.9 Å². The van der Waals surface area contributed by atoms with Crippen LogP contribution in [-0.4, -0.2) is 42.3 Å². The highest BCUT2D eigenvalue weighted by Gasteiger charge is 2.35. The van der Waals surface area contributed by atoms with E-state index in [1.54, 1.807) is 0 Å². The highest BCUT2D eigenvalue weighted by atomic mass is 32.1. The molecule has 2 aromatic carbocycles. The third-order valence-electron chi connectivity index (χ3n) is 4.46. The summed E-state index contributed by atoms with van der Waals surface area (Å²) in [5, 5.41) is 13.9. The molecule has 1 fully saturated rings. The first-order valence-corrected chi connectivity index (χ1v) is 10.4. The van der Waals surface area contributed by atoms with Gasteiger partial charge >= 0.3 is 0 Å². The van der Waals surface area contributed by atoms with Crippen LogP contribution in [-0.2, 0) is 9.47 Å². The van der Waals surface area contributed by atoms with Crippen LogP contribution in [0.2, 0.25) is 0 Å². The predicted octanol–water partition coefficient (Wildman–Crippen LogP) is 3.48. The first kappa shape index (κ1) is 21.4. The number of rotatable bonds is 8. The Morgan fingerprint density at radius 1 is 0.724 bits per heavy atom. The summed E-state index contributed by atoms with van der Waals surface area (Å²) in [5.74, 6) is -0.620. The summed E-state index contributed by atoms with van der Waals surface area (Å²) in [6, 6.07) is 19.7. The van der Waals surface area contributed by atoms with Gasteiger partial charge < -0.3 is 30.7 Å². The number of anilines is 2. The van der Waals surface area contributed by atoms with Crippen molar-refractivity contribution < 1.29 is 9.47 Å². The number of ether oxygens (including phenoxy) is 2. The van der Waals surface area contributed by atoms with Crippen LogP contribution in [0.4, 0.5) is 11.4 Å². The van der Waals surface area contributed by atoms with Gasteiger partial charge in [-0.05, 0) is 48.7 Å². The number of hydrogen-bond donors (Lipinski definition) is 4. The lowest BCUT2D eigenvalue weighted by molar-refractivity contribution is -0.164.